The molecule has 0 radical (unpaired) electrons. The van der Waals surface area contributed by atoms with Gasteiger partial charge in [-0.25, -0.2) is 0 Å². The van der Waals surface area contributed by atoms with Crippen molar-refractivity contribution in [2.45, 2.75) is 47.8 Å². The van der Waals surface area contributed by atoms with Gasteiger partial charge in [-0.1, -0.05) is 0 Å². The minimum atomic E-state index is -8.78. The Hall–Kier alpha value is 0.356. The van der Waals surface area contributed by atoms with E-state index in [9.17, 15) is 83.1 Å². The monoisotopic (exact) mass is 538 g/mol. The first-order valence-electron chi connectivity index (χ1n) is 5.67. The molecule has 3 nitrogen and oxygen atoms in total. The van der Waals surface area contributed by atoms with E-state index in [-0.39, 0.29) is 51.4 Å². The Labute approximate surface area is 196 Å². The van der Waals surface area contributed by atoms with Crippen LogP contribution in [0.2, 0.25) is 0 Å². The predicted octanol–water partition coefficient (Wildman–Crippen LogP) is 2.20. The molecule has 0 saturated carbocycles. The van der Waals surface area contributed by atoms with Gasteiger partial charge in [-0.05, 0) is 0 Å². The average molecular weight is 538 g/mol. The van der Waals surface area contributed by atoms with Gasteiger partial charge in [0.15, 0.2) is 0 Å². The van der Waals surface area contributed by atoms with Crippen molar-refractivity contribution in [3.8, 4) is 0 Å². The van der Waals surface area contributed by atoms with Crippen LogP contribution in [-0.2, 0) is 23.6 Å². The second-order valence-electron chi connectivity index (χ2n) is 4.75. The summed E-state index contributed by atoms with van der Waals surface area (Å²) in [6, 6.07) is 0. The molecule has 0 rings (SSSR count). The first-order chi connectivity index (χ1) is 12.2. The second kappa shape index (κ2) is 8.61. The van der Waals surface area contributed by atoms with E-state index in [1.807, 2.05) is 0 Å². The fraction of sp³-hybridized carbons (Fsp3) is 1.00. The number of alkyl halides is 17. The molecule has 0 aromatic rings. The standard InChI is InChI=1S/C8F17O3S.K/c9-1(10,3(13,14)5(17,18)7(21,22)23)2(11,12)4(15,16)6(19,20)8(24,25)28-29(26)27;/q-1;+1. The third-order valence-corrected chi connectivity index (χ3v) is 3.21. The van der Waals surface area contributed by atoms with Crippen molar-refractivity contribution in [3.05, 3.63) is 0 Å². The van der Waals surface area contributed by atoms with Gasteiger partial charge in [0.1, 0.15) is 0 Å². The Morgan fingerprint density at radius 1 is 0.433 bits per heavy atom. The number of halogens is 17. The molecule has 176 valence electrons. The van der Waals surface area contributed by atoms with E-state index >= 15 is 0 Å². The zero-order valence-electron chi connectivity index (χ0n) is 13.1. The Bertz CT molecular complexity index is 688. The average Bonchev–Trinajstić information content (AvgIpc) is 2.43. The molecule has 0 aliphatic rings. The van der Waals surface area contributed by atoms with Gasteiger partial charge in [-0.3, -0.25) is 0 Å². The van der Waals surface area contributed by atoms with E-state index in [1.165, 1.54) is 0 Å². The summed E-state index contributed by atoms with van der Waals surface area (Å²) in [4.78, 5) is 0. The summed E-state index contributed by atoms with van der Waals surface area (Å²) in [6.07, 6.45) is -15.2. The molecule has 0 bridgehead atoms. The van der Waals surface area contributed by atoms with Gasteiger partial charge < -0.3 is 12.6 Å². The fourth-order valence-electron chi connectivity index (χ4n) is 1.29. The van der Waals surface area contributed by atoms with Gasteiger partial charge in [-0.2, -0.15) is 74.6 Å². The summed E-state index contributed by atoms with van der Waals surface area (Å²) >= 11 is 0. The van der Waals surface area contributed by atoms with E-state index in [2.05, 4.69) is 0 Å². The van der Waals surface area contributed by atoms with Gasteiger partial charge in [-0.15, -0.1) is 0 Å². The molecule has 0 N–H and O–H groups in total. The molecule has 0 amide bonds. The number of hydrogen-bond acceptors (Lipinski definition) is 4. The smallest absolute Gasteiger partial charge is 0.397 e. The minimum Gasteiger partial charge on any atom is -0.397 e. The number of hydrogen-bond donors (Lipinski definition) is 0. The molecule has 0 unspecified atom stereocenters. The van der Waals surface area contributed by atoms with Gasteiger partial charge in [0.05, 0.1) is 11.0 Å². The third kappa shape index (κ3) is 4.54. The van der Waals surface area contributed by atoms with Crippen LogP contribution in [0.1, 0.15) is 0 Å². The molecule has 0 aliphatic carbocycles. The van der Waals surface area contributed by atoms with Crippen LogP contribution in [0.5, 0.6) is 0 Å². The fourth-order valence-corrected chi connectivity index (χ4v) is 1.56. The first-order valence-corrected chi connectivity index (χ1v) is 6.67. The third-order valence-electron chi connectivity index (χ3n) is 2.87. The SMILES string of the molecule is O=[S-](=O)OC(F)(F)C(F)(F)C(F)(F)C(F)(F)C(F)(F)C(F)(F)C(F)(F)C(F)(F)F.[K+]. The quantitative estimate of drug-likeness (QED) is 0.271. The van der Waals surface area contributed by atoms with Crippen LogP contribution in [-0.4, -0.2) is 47.8 Å². The topological polar surface area (TPSA) is 43.4 Å². The van der Waals surface area contributed by atoms with Crippen molar-refractivity contribution in [3.63, 3.8) is 0 Å². The maximum Gasteiger partial charge on any atom is 1.00 e. The first kappa shape index (κ1) is 32.5. The molecule has 0 aliphatic heterocycles. The van der Waals surface area contributed by atoms with E-state index < -0.39 is 58.8 Å². The Morgan fingerprint density at radius 2 is 0.667 bits per heavy atom. The molecule has 0 aromatic carbocycles. The van der Waals surface area contributed by atoms with Crippen LogP contribution in [0.15, 0.2) is 0 Å². The summed E-state index contributed by atoms with van der Waals surface area (Å²) < 4.78 is 236. The predicted molar refractivity (Wildman–Crippen MR) is 50.5 cm³/mol. The molecule has 22 heteroatoms. The van der Waals surface area contributed by atoms with Crippen LogP contribution in [0.3, 0.4) is 0 Å². The van der Waals surface area contributed by atoms with Crippen molar-refractivity contribution in [1.29, 1.82) is 0 Å². The molecule has 0 saturated heterocycles. The summed E-state index contributed by atoms with van der Waals surface area (Å²) in [5, 5.41) is 0. The van der Waals surface area contributed by atoms with Gasteiger partial charge in [0.2, 0.25) is 0 Å². The van der Waals surface area contributed by atoms with Crippen molar-refractivity contribution in [2.24, 2.45) is 0 Å². The molecule has 0 spiro atoms. The Kier molecular flexibility index (Phi) is 9.34. The zero-order chi connectivity index (χ0) is 24.3. The molecule has 0 aromatic heterocycles. The molecule has 0 fully saturated rings. The maximum absolute atomic E-state index is 13.1. The minimum absolute atomic E-state index is 0. The van der Waals surface area contributed by atoms with Gasteiger partial charge in [0.25, 0.3) is 0 Å². The molecule has 0 heterocycles. The summed E-state index contributed by atoms with van der Waals surface area (Å²) in [5.41, 5.74) is 0. The van der Waals surface area contributed by atoms with Crippen molar-refractivity contribution >= 4 is 11.0 Å². The summed E-state index contributed by atoms with van der Waals surface area (Å²) in [6.45, 7) is 0. The van der Waals surface area contributed by atoms with Crippen LogP contribution >= 0.6 is 0 Å². The second-order valence-corrected chi connectivity index (χ2v) is 5.32. The normalized spacial score (nSPS) is 15.9. The summed E-state index contributed by atoms with van der Waals surface area (Å²) in [7, 11) is -4.97. The van der Waals surface area contributed by atoms with E-state index in [0.717, 1.165) is 0 Å². The van der Waals surface area contributed by atoms with Crippen LogP contribution < -0.4 is 51.4 Å². The Balaban J connectivity index is 0. The van der Waals surface area contributed by atoms with Crippen molar-refractivity contribution in [2.75, 3.05) is 0 Å². The molecule has 0 atom stereocenters. The van der Waals surface area contributed by atoms with E-state index in [1.54, 1.807) is 4.18 Å². The van der Waals surface area contributed by atoms with Crippen molar-refractivity contribution in [1.82, 2.24) is 0 Å². The summed E-state index contributed by atoms with van der Waals surface area (Å²) in [5.74, 6) is -51.2. The van der Waals surface area contributed by atoms with E-state index in [4.69, 9.17) is 0 Å². The molecular formula is C8F17KO3S. The molecular weight excluding hydrogens is 538 g/mol. The zero-order valence-corrected chi connectivity index (χ0v) is 17.0. The largest absolute Gasteiger partial charge is 1.00 e. The Morgan fingerprint density at radius 3 is 0.900 bits per heavy atom. The van der Waals surface area contributed by atoms with Crippen LogP contribution in [0.4, 0.5) is 74.6 Å². The van der Waals surface area contributed by atoms with E-state index in [0.29, 0.717) is 0 Å². The van der Waals surface area contributed by atoms with Crippen molar-refractivity contribution < 1.29 is 139 Å². The van der Waals surface area contributed by atoms with Crippen LogP contribution in [0.25, 0.3) is 0 Å². The molecule has 30 heavy (non-hydrogen) atoms. The van der Waals surface area contributed by atoms with Crippen LogP contribution in [0, 0.1) is 0 Å². The van der Waals surface area contributed by atoms with Gasteiger partial charge >= 0.3 is 99.2 Å². The number of rotatable bonds is 8. The van der Waals surface area contributed by atoms with Gasteiger partial charge in [0, 0.05) is 0 Å². The maximum atomic E-state index is 13.1.